The summed E-state index contributed by atoms with van der Waals surface area (Å²) in [6.07, 6.45) is 1.00. The van der Waals surface area contributed by atoms with Crippen molar-refractivity contribution in [3.05, 3.63) is 0 Å². The van der Waals surface area contributed by atoms with Gasteiger partial charge >= 0.3 is 6.18 Å². The number of halogens is 3. The second-order valence-electron chi connectivity index (χ2n) is 4.09. The average Bonchev–Trinajstić information content (AvgIpc) is 2.96. The van der Waals surface area contributed by atoms with Gasteiger partial charge in [0.2, 0.25) is 0 Å². The van der Waals surface area contributed by atoms with E-state index in [2.05, 4.69) is 16.3 Å². The minimum absolute atomic E-state index is 0.165. The zero-order chi connectivity index (χ0) is 12.1. The predicted molar refractivity (Wildman–Crippen MR) is 59.8 cm³/mol. The summed E-state index contributed by atoms with van der Waals surface area (Å²) in [4.78, 5) is 0. The van der Waals surface area contributed by atoms with E-state index in [-0.39, 0.29) is 6.61 Å². The molecular formula is C10H18F3NOS. The molecule has 6 heteroatoms. The Kier molecular flexibility index (Phi) is 5.40. The lowest BCUT2D eigenvalue weighted by Gasteiger charge is -2.13. The Labute approximate surface area is 98.3 Å². The van der Waals surface area contributed by atoms with Gasteiger partial charge in [-0.15, -0.1) is 0 Å². The first kappa shape index (κ1) is 14.1. The number of hydrogen-bond acceptors (Lipinski definition) is 3. The summed E-state index contributed by atoms with van der Waals surface area (Å²) in [5.41, 5.74) is 0. The molecule has 0 aromatic carbocycles. The lowest BCUT2D eigenvalue weighted by Crippen LogP contribution is -2.27. The first-order valence-electron chi connectivity index (χ1n) is 5.38. The highest BCUT2D eigenvalue weighted by molar-refractivity contribution is 8.00. The van der Waals surface area contributed by atoms with Crippen molar-refractivity contribution in [3.8, 4) is 0 Å². The number of alkyl halides is 3. The van der Waals surface area contributed by atoms with Crippen molar-refractivity contribution in [1.82, 2.24) is 5.32 Å². The van der Waals surface area contributed by atoms with E-state index in [1.54, 1.807) is 0 Å². The van der Waals surface area contributed by atoms with Gasteiger partial charge in [-0.1, -0.05) is 0 Å². The topological polar surface area (TPSA) is 21.3 Å². The molecule has 0 aromatic heterocycles. The highest BCUT2D eigenvalue weighted by Gasteiger charge is 2.41. The highest BCUT2D eigenvalue weighted by Crippen LogP contribution is 2.46. The molecule has 0 bridgehead atoms. The first-order valence-corrected chi connectivity index (χ1v) is 6.60. The SMILES string of the molecule is CSC1(CNCCCOCC(F)(F)F)CC1. The van der Waals surface area contributed by atoms with Crippen molar-refractivity contribution in [2.75, 3.05) is 32.6 Å². The molecule has 1 aliphatic carbocycles. The molecule has 2 nitrogen and oxygen atoms in total. The van der Waals surface area contributed by atoms with Gasteiger partial charge < -0.3 is 10.1 Å². The smallest absolute Gasteiger partial charge is 0.372 e. The minimum atomic E-state index is -4.20. The van der Waals surface area contributed by atoms with Gasteiger partial charge in [-0.2, -0.15) is 24.9 Å². The van der Waals surface area contributed by atoms with Crippen LogP contribution in [0.4, 0.5) is 13.2 Å². The third kappa shape index (κ3) is 5.96. The molecule has 0 spiro atoms. The van der Waals surface area contributed by atoms with Crippen LogP contribution >= 0.6 is 11.8 Å². The molecular weight excluding hydrogens is 239 g/mol. The van der Waals surface area contributed by atoms with E-state index in [0.29, 0.717) is 11.2 Å². The van der Waals surface area contributed by atoms with Gasteiger partial charge in [-0.05, 0) is 32.1 Å². The molecule has 0 aliphatic heterocycles. The molecule has 1 aliphatic rings. The molecule has 0 unspecified atom stereocenters. The van der Waals surface area contributed by atoms with Crippen LogP contribution in [-0.2, 0) is 4.74 Å². The third-order valence-corrected chi connectivity index (χ3v) is 4.01. The molecule has 0 radical (unpaired) electrons. The zero-order valence-corrected chi connectivity index (χ0v) is 10.2. The van der Waals surface area contributed by atoms with Gasteiger partial charge in [-0.25, -0.2) is 0 Å². The van der Waals surface area contributed by atoms with Gasteiger partial charge in [0.15, 0.2) is 0 Å². The number of hydrogen-bond donors (Lipinski definition) is 1. The summed E-state index contributed by atoms with van der Waals surface area (Å²) in [5.74, 6) is 0. The molecule has 1 saturated carbocycles. The van der Waals surface area contributed by atoms with Crippen LogP contribution in [0.15, 0.2) is 0 Å². The number of rotatable bonds is 8. The van der Waals surface area contributed by atoms with Crippen molar-refractivity contribution in [1.29, 1.82) is 0 Å². The van der Waals surface area contributed by atoms with Gasteiger partial charge in [-0.3, -0.25) is 0 Å². The summed E-state index contributed by atoms with van der Waals surface area (Å²) in [6, 6.07) is 0. The molecule has 1 N–H and O–H groups in total. The van der Waals surface area contributed by atoms with E-state index in [1.165, 1.54) is 12.8 Å². The quantitative estimate of drug-likeness (QED) is 0.675. The molecule has 1 fully saturated rings. The minimum Gasteiger partial charge on any atom is -0.372 e. The summed E-state index contributed by atoms with van der Waals surface area (Å²) in [5, 5.41) is 3.25. The summed E-state index contributed by atoms with van der Waals surface area (Å²) < 4.78 is 40.0. The number of ether oxygens (including phenoxy) is 1. The van der Waals surface area contributed by atoms with E-state index < -0.39 is 12.8 Å². The lowest BCUT2D eigenvalue weighted by molar-refractivity contribution is -0.173. The van der Waals surface area contributed by atoms with Crippen LogP contribution in [0.5, 0.6) is 0 Å². The van der Waals surface area contributed by atoms with Crippen molar-refractivity contribution in [3.63, 3.8) is 0 Å². The summed E-state index contributed by atoms with van der Waals surface area (Å²) >= 11 is 1.87. The zero-order valence-electron chi connectivity index (χ0n) is 9.40. The van der Waals surface area contributed by atoms with Crippen LogP contribution in [0.2, 0.25) is 0 Å². The van der Waals surface area contributed by atoms with Gasteiger partial charge in [0, 0.05) is 17.9 Å². The van der Waals surface area contributed by atoms with E-state index >= 15 is 0 Å². The van der Waals surface area contributed by atoms with Crippen LogP contribution in [-0.4, -0.2) is 43.5 Å². The van der Waals surface area contributed by atoms with Crippen LogP contribution in [0.25, 0.3) is 0 Å². The predicted octanol–water partition coefficient (Wildman–Crippen LogP) is 2.44. The Morgan fingerprint density at radius 2 is 2.06 bits per heavy atom. The number of thioether (sulfide) groups is 1. The van der Waals surface area contributed by atoms with E-state index in [9.17, 15) is 13.2 Å². The fraction of sp³-hybridized carbons (Fsp3) is 1.00. The lowest BCUT2D eigenvalue weighted by atomic mass is 10.4. The normalized spacial score (nSPS) is 18.8. The standard InChI is InChI=1S/C10H18F3NOS/c1-16-9(3-4-9)7-14-5-2-6-15-8-10(11,12)13/h14H,2-8H2,1H3. The summed E-state index contributed by atoms with van der Waals surface area (Å²) in [7, 11) is 0. The Morgan fingerprint density at radius 1 is 1.38 bits per heavy atom. The van der Waals surface area contributed by atoms with E-state index in [0.717, 1.165) is 13.1 Å². The maximum absolute atomic E-state index is 11.7. The van der Waals surface area contributed by atoms with Gasteiger partial charge in [0.25, 0.3) is 0 Å². The Bertz CT molecular complexity index is 207. The van der Waals surface area contributed by atoms with Crippen LogP contribution < -0.4 is 5.32 Å². The van der Waals surface area contributed by atoms with Crippen LogP contribution in [0.3, 0.4) is 0 Å². The molecule has 1 rings (SSSR count). The number of nitrogens with one attached hydrogen (secondary N) is 1. The van der Waals surface area contributed by atoms with Crippen LogP contribution in [0, 0.1) is 0 Å². The molecule has 0 atom stereocenters. The largest absolute Gasteiger partial charge is 0.411 e. The molecule has 0 heterocycles. The highest BCUT2D eigenvalue weighted by atomic mass is 32.2. The Morgan fingerprint density at radius 3 is 2.56 bits per heavy atom. The Hall–Kier alpha value is 0.0600. The van der Waals surface area contributed by atoms with Crippen molar-refractivity contribution in [2.24, 2.45) is 0 Å². The third-order valence-electron chi connectivity index (χ3n) is 2.60. The van der Waals surface area contributed by atoms with Crippen molar-refractivity contribution >= 4 is 11.8 Å². The fourth-order valence-corrected chi connectivity index (χ4v) is 2.15. The fourth-order valence-electron chi connectivity index (χ4n) is 1.40. The summed E-state index contributed by atoms with van der Waals surface area (Å²) in [6.45, 7) is 0.703. The Balaban J connectivity index is 1.85. The molecule has 16 heavy (non-hydrogen) atoms. The first-order chi connectivity index (χ1) is 7.47. The molecule has 96 valence electrons. The maximum atomic E-state index is 11.7. The van der Waals surface area contributed by atoms with E-state index in [1.807, 2.05) is 11.8 Å². The average molecular weight is 257 g/mol. The van der Waals surface area contributed by atoms with Gasteiger partial charge in [0.05, 0.1) is 0 Å². The maximum Gasteiger partial charge on any atom is 0.411 e. The van der Waals surface area contributed by atoms with Crippen molar-refractivity contribution in [2.45, 2.75) is 30.2 Å². The van der Waals surface area contributed by atoms with Crippen molar-refractivity contribution < 1.29 is 17.9 Å². The second-order valence-corrected chi connectivity index (χ2v) is 5.36. The van der Waals surface area contributed by atoms with Crippen LogP contribution in [0.1, 0.15) is 19.3 Å². The molecule has 0 amide bonds. The molecule has 0 saturated heterocycles. The monoisotopic (exact) mass is 257 g/mol. The molecule has 0 aromatic rings. The second kappa shape index (κ2) is 6.12. The van der Waals surface area contributed by atoms with Gasteiger partial charge in [0.1, 0.15) is 6.61 Å². The van der Waals surface area contributed by atoms with E-state index in [4.69, 9.17) is 0 Å².